The van der Waals surface area contributed by atoms with Crippen molar-refractivity contribution < 1.29 is 9.13 Å². The highest BCUT2D eigenvalue weighted by Gasteiger charge is 2.31. The number of aromatic nitrogens is 2. The fourth-order valence-corrected chi connectivity index (χ4v) is 2.98. The monoisotopic (exact) mass is 343 g/mol. The number of amidine groups is 1. The molecule has 0 spiro atoms. The van der Waals surface area contributed by atoms with Crippen molar-refractivity contribution in [2.24, 2.45) is 4.99 Å². The zero-order chi connectivity index (χ0) is 16.7. The largest absolute Gasteiger partial charge is 0.450 e. The molecule has 0 amide bonds. The first-order valence-electron chi connectivity index (χ1n) is 7.33. The van der Waals surface area contributed by atoms with Crippen LogP contribution in [0.3, 0.4) is 0 Å². The third-order valence-electron chi connectivity index (χ3n) is 3.74. The second kappa shape index (κ2) is 5.79. The van der Waals surface area contributed by atoms with Crippen LogP contribution in [-0.4, -0.2) is 35.1 Å². The molecule has 0 unspecified atom stereocenters. The van der Waals surface area contributed by atoms with Crippen LogP contribution in [0.2, 0.25) is 0 Å². The molecule has 0 fully saturated rings. The molecule has 0 saturated heterocycles. The van der Waals surface area contributed by atoms with Crippen molar-refractivity contribution in [3.05, 3.63) is 41.5 Å². The summed E-state index contributed by atoms with van der Waals surface area (Å²) in [5.41, 5.74) is 6.74. The van der Waals surface area contributed by atoms with Gasteiger partial charge in [-0.2, -0.15) is 0 Å². The summed E-state index contributed by atoms with van der Waals surface area (Å²) >= 11 is 1.48. The van der Waals surface area contributed by atoms with Gasteiger partial charge in [-0.05, 0) is 24.5 Å². The van der Waals surface area contributed by atoms with Gasteiger partial charge in [0.05, 0.1) is 6.54 Å². The van der Waals surface area contributed by atoms with Crippen LogP contribution in [0.4, 0.5) is 15.9 Å². The Balaban J connectivity index is 1.75. The molecule has 3 heterocycles. The first kappa shape index (κ1) is 14.9. The van der Waals surface area contributed by atoms with Crippen LogP contribution in [0.1, 0.15) is 5.56 Å². The number of thioether (sulfide) groups is 1. The number of fused-ring (bicyclic) bond motifs is 3. The molecule has 2 aromatic rings. The second-order valence-corrected chi connectivity index (χ2v) is 6.07. The minimum atomic E-state index is -0.513. The summed E-state index contributed by atoms with van der Waals surface area (Å²) in [4.78, 5) is 15.3. The molecule has 0 radical (unpaired) electrons. The average molecular weight is 343 g/mol. The number of ether oxygens (including phenoxy) is 1. The van der Waals surface area contributed by atoms with E-state index >= 15 is 0 Å². The molecule has 0 bridgehead atoms. The van der Waals surface area contributed by atoms with E-state index in [9.17, 15) is 4.39 Å². The number of hydrogen-bond donors (Lipinski definition) is 1. The number of anilines is 2. The third-order valence-corrected chi connectivity index (χ3v) is 4.30. The minimum Gasteiger partial charge on any atom is -0.450 e. The normalized spacial score (nSPS) is 15.5. The Morgan fingerprint density at radius 1 is 1.38 bits per heavy atom. The number of nitrogens with zero attached hydrogens (tertiary/aromatic N) is 4. The van der Waals surface area contributed by atoms with Gasteiger partial charge >= 0.3 is 0 Å². The Bertz CT molecular complexity index is 883. The molecule has 2 aliphatic rings. The lowest BCUT2D eigenvalue weighted by Crippen LogP contribution is -2.34. The Labute approximate surface area is 142 Å². The molecule has 2 N–H and O–H groups in total. The Kier molecular flexibility index (Phi) is 3.61. The highest BCUT2D eigenvalue weighted by Crippen LogP contribution is 2.33. The standard InChI is InChI=1S/C16H14FN5OS/c1-24-16-20-8-9-6-13(15-19-4-5-22(15)14(9)21-16)23-12-3-2-10(18)7-11(12)17/h2-3,6-8H,4-5,18H2,1H3. The predicted octanol–water partition coefficient (Wildman–Crippen LogP) is 2.57. The maximum absolute atomic E-state index is 14.0. The molecule has 2 aliphatic heterocycles. The third kappa shape index (κ3) is 2.48. The summed E-state index contributed by atoms with van der Waals surface area (Å²) in [6, 6.07) is 4.33. The van der Waals surface area contributed by atoms with E-state index in [0.29, 0.717) is 35.5 Å². The van der Waals surface area contributed by atoms with E-state index in [0.717, 1.165) is 11.4 Å². The van der Waals surface area contributed by atoms with Crippen molar-refractivity contribution in [2.45, 2.75) is 5.16 Å². The lowest BCUT2D eigenvalue weighted by molar-refractivity contribution is 0.422. The molecule has 0 atom stereocenters. The SMILES string of the molecule is CSc1ncc2c(n1)N1CCN=C1C(Oc1ccc(N)cc1F)=C2. The first-order valence-corrected chi connectivity index (χ1v) is 8.56. The number of nitrogen functional groups attached to an aromatic ring is 1. The van der Waals surface area contributed by atoms with Gasteiger partial charge in [-0.25, -0.2) is 14.4 Å². The highest BCUT2D eigenvalue weighted by molar-refractivity contribution is 7.98. The molecule has 1 aromatic carbocycles. The number of aliphatic imine (C=N–C) groups is 1. The molecule has 0 saturated carbocycles. The molecule has 6 nitrogen and oxygen atoms in total. The number of benzene rings is 1. The predicted molar refractivity (Wildman–Crippen MR) is 92.9 cm³/mol. The van der Waals surface area contributed by atoms with Crippen molar-refractivity contribution in [3.8, 4) is 5.75 Å². The summed E-state index contributed by atoms with van der Waals surface area (Å²) in [6.07, 6.45) is 5.46. The summed E-state index contributed by atoms with van der Waals surface area (Å²) < 4.78 is 19.8. The van der Waals surface area contributed by atoms with Gasteiger partial charge in [-0.1, -0.05) is 11.8 Å². The molecular formula is C16H14FN5OS. The van der Waals surface area contributed by atoms with E-state index < -0.39 is 5.82 Å². The Morgan fingerprint density at radius 3 is 3.04 bits per heavy atom. The van der Waals surface area contributed by atoms with Gasteiger partial charge in [0.2, 0.25) is 0 Å². The average Bonchev–Trinajstić information content (AvgIpc) is 3.07. The molecule has 1 aromatic heterocycles. The van der Waals surface area contributed by atoms with Crippen LogP contribution in [0.5, 0.6) is 5.75 Å². The van der Waals surface area contributed by atoms with Crippen molar-refractivity contribution >= 4 is 35.2 Å². The lowest BCUT2D eigenvalue weighted by Gasteiger charge is -2.26. The molecular weight excluding hydrogens is 329 g/mol. The van der Waals surface area contributed by atoms with Crippen molar-refractivity contribution in [1.82, 2.24) is 9.97 Å². The summed E-state index contributed by atoms with van der Waals surface area (Å²) in [5.74, 6) is 1.53. The number of hydrogen-bond acceptors (Lipinski definition) is 7. The van der Waals surface area contributed by atoms with E-state index in [1.54, 1.807) is 18.3 Å². The fourth-order valence-electron chi connectivity index (χ4n) is 2.65. The fraction of sp³-hybridized carbons (Fsp3) is 0.188. The summed E-state index contributed by atoms with van der Waals surface area (Å²) in [6.45, 7) is 1.34. The van der Waals surface area contributed by atoms with Crippen LogP contribution < -0.4 is 15.4 Å². The lowest BCUT2D eigenvalue weighted by atomic mass is 10.1. The first-order chi connectivity index (χ1) is 11.7. The molecule has 8 heteroatoms. The smallest absolute Gasteiger partial charge is 0.189 e. The van der Waals surface area contributed by atoms with Crippen LogP contribution in [0, 0.1) is 5.82 Å². The number of rotatable bonds is 3. The van der Waals surface area contributed by atoms with E-state index in [-0.39, 0.29) is 5.75 Å². The van der Waals surface area contributed by atoms with Crippen molar-refractivity contribution in [3.63, 3.8) is 0 Å². The molecule has 24 heavy (non-hydrogen) atoms. The van der Waals surface area contributed by atoms with Crippen molar-refractivity contribution in [2.75, 3.05) is 30.0 Å². The highest BCUT2D eigenvalue weighted by atomic mass is 32.2. The van der Waals surface area contributed by atoms with Gasteiger partial charge in [0.15, 0.2) is 28.3 Å². The van der Waals surface area contributed by atoms with Gasteiger partial charge in [-0.3, -0.25) is 4.99 Å². The summed E-state index contributed by atoms with van der Waals surface area (Å²) in [5, 5.41) is 0.697. The zero-order valence-electron chi connectivity index (χ0n) is 12.9. The van der Waals surface area contributed by atoms with Crippen LogP contribution in [0.25, 0.3) is 6.08 Å². The number of nitrogens with two attached hydrogens (primary N) is 1. The topological polar surface area (TPSA) is 76.6 Å². The van der Waals surface area contributed by atoms with Gasteiger partial charge < -0.3 is 15.4 Å². The van der Waals surface area contributed by atoms with Crippen molar-refractivity contribution in [1.29, 1.82) is 0 Å². The van der Waals surface area contributed by atoms with E-state index in [4.69, 9.17) is 10.5 Å². The maximum Gasteiger partial charge on any atom is 0.189 e. The van der Waals surface area contributed by atoms with Gasteiger partial charge in [0.25, 0.3) is 0 Å². The zero-order valence-corrected chi connectivity index (χ0v) is 13.7. The summed E-state index contributed by atoms with van der Waals surface area (Å²) in [7, 11) is 0. The molecule has 122 valence electrons. The minimum absolute atomic E-state index is 0.107. The Hall–Kier alpha value is -2.61. The van der Waals surface area contributed by atoms with Gasteiger partial charge in [-0.15, -0.1) is 0 Å². The van der Waals surface area contributed by atoms with Crippen LogP contribution in [0.15, 0.2) is 40.3 Å². The van der Waals surface area contributed by atoms with Crippen LogP contribution >= 0.6 is 11.8 Å². The van der Waals surface area contributed by atoms with Gasteiger partial charge in [0.1, 0.15) is 5.82 Å². The number of halogens is 1. The van der Waals surface area contributed by atoms with Crippen LogP contribution in [-0.2, 0) is 0 Å². The quantitative estimate of drug-likeness (QED) is 0.524. The van der Waals surface area contributed by atoms with Gasteiger partial charge in [0, 0.05) is 30.1 Å². The van der Waals surface area contributed by atoms with E-state index in [2.05, 4.69) is 15.0 Å². The molecule has 0 aliphatic carbocycles. The second-order valence-electron chi connectivity index (χ2n) is 5.29. The Morgan fingerprint density at radius 2 is 2.25 bits per heavy atom. The van der Waals surface area contributed by atoms with E-state index in [1.807, 2.05) is 11.2 Å². The maximum atomic E-state index is 14.0. The molecule has 4 rings (SSSR count). The van der Waals surface area contributed by atoms with E-state index in [1.165, 1.54) is 23.9 Å².